The Morgan fingerprint density at radius 3 is 2.52 bits per heavy atom. The van der Waals surface area contributed by atoms with Gasteiger partial charge in [0.2, 0.25) is 0 Å². The first kappa shape index (κ1) is 13.9. The Labute approximate surface area is 134 Å². The second kappa shape index (κ2) is 5.81. The zero-order chi connectivity index (χ0) is 14.2. The summed E-state index contributed by atoms with van der Waals surface area (Å²) >= 11 is 3.62. The van der Waals surface area contributed by atoms with Crippen molar-refractivity contribution in [1.29, 1.82) is 0 Å². The maximum atomic E-state index is 5.81. The maximum Gasteiger partial charge on any atom is 0.175 e. The van der Waals surface area contributed by atoms with E-state index in [0.717, 1.165) is 60.0 Å². The third kappa shape index (κ3) is 3.21. The van der Waals surface area contributed by atoms with Gasteiger partial charge in [-0.2, -0.15) is 0 Å². The van der Waals surface area contributed by atoms with E-state index in [1.54, 1.807) is 0 Å². The van der Waals surface area contributed by atoms with Gasteiger partial charge in [0.25, 0.3) is 0 Å². The molecular weight excluding hydrogens is 330 g/mol. The number of fused-ring (bicyclic) bond motifs is 1. The second-order valence-electron chi connectivity index (χ2n) is 6.54. The third-order valence-corrected chi connectivity index (χ3v) is 5.25. The Hall–Kier alpha value is -0.740. The summed E-state index contributed by atoms with van der Waals surface area (Å²) in [6, 6.07) is 5.03. The van der Waals surface area contributed by atoms with Crippen molar-refractivity contribution in [2.75, 3.05) is 13.2 Å². The van der Waals surface area contributed by atoms with Crippen LogP contribution in [0.5, 0.6) is 11.5 Å². The van der Waals surface area contributed by atoms with Crippen molar-refractivity contribution in [3.8, 4) is 11.5 Å². The highest BCUT2D eigenvalue weighted by Gasteiger charge is 2.40. The first-order valence-electron chi connectivity index (χ1n) is 8.12. The summed E-state index contributed by atoms with van der Waals surface area (Å²) in [7, 11) is 0. The van der Waals surface area contributed by atoms with Crippen LogP contribution in [0.15, 0.2) is 16.6 Å². The second-order valence-corrected chi connectivity index (χ2v) is 7.39. The molecule has 1 heterocycles. The lowest BCUT2D eigenvalue weighted by molar-refractivity contribution is 0.296. The molecule has 0 unspecified atom stereocenters. The van der Waals surface area contributed by atoms with Crippen molar-refractivity contribution in [1.82, 2.24) is 5.32 Å². The molecule has 2 fully saturated rings. The number of hydrogen-bond acceptors (Lipinski definition) is 3. The lowest BCUT2D eigenvalue weighted by Crippen LogP contribution is -2.32. The van der Waals surface area contributed by atoms with Crippen LogP contribution in [0.2, 0.25) is 0 Å². The highest BCUT2D eigenvalue weighted by Crippen LogP contribution is 2.45. The summed E-state index contributed by atoms with van der Waals surface area (Å²) in [5.41, 5.74) is 1.28. The standard InChI is InChI=1S/C17H22BrNO2/c18-14-8-11(9-15-17(14)21-7-1-6-20-15)10-19-16(12-2-3-12)13-4-5-13/h8-9,12-13,16,19H,1-7,10H2. The van der Waals surface area contributed by atoms with E-state index in [9.17, 15) is 0 Å². The average molecular weight is 352 g/mol. The summed E-state index contributed by atoms with van der Waals surface area (Å²) in [6.07, 6.45) is 6.61. The summed E-state index contributed by atoms with van der Waals surface area (Å²) in [4.78, 5) is 0. The average Bonchev–Trinajstić information content (AvgIpc) is 3.33. The van der Waals surface area contributed by atoms with Gasteiger partial charge in [-0.15, -0.1) is 0 Å². The fraction of sp³-hybridized carbons (Fsp3) is 0.647. The highest BCUT2D eigenvalue weighted by molar-refractivity contribution is 9.10. The SMILES string of the molecule is Brc1cc(CNC(C2CC2)C2CC2)cc2c1OCCCO2. The van der Waals surface area contributed by atoms with Crippen LogP contribution in [0, 0.1) is 11.8 Å². The third-order valence-electron chi connectivity index (χ3n) is 4.66. The predicted octanol–water partition coefficient (Wildman–Crippen LogP) is 3.89. The van der Waals surface area contributed by atoms with Gasteiger partial charge in [-0.05, 0) is 71.1 Å². The first-order valence-corrected chi connectivity index (χ1v) is 8.92. The van der Waals surface area contributed by atoms with Crippen molar-refractivity contribution in [2.24, 2.45) is 11.8 Å². The van der Waals surface area contributed by atoms with Gasteiger partial charge in [-0.3, -0.25) is 0 Å². The van der Waals surface area contributed by atoms with E-state index in [2.05, 4.69) is 33.4 Å². The molecule has 1 aliphatic heterocycles. The number of rotatable bonds is 5. The van der Waals surface area contributed by atoms with E-state index < -0.39 is 0 Å². The van der Waals surface area contributed by atoms with Crippen molar-refractivity contribution in [2.45, 2.75) is 44.7 Å². The van der Waals surface area contributed by atoms with E-state index in [1.165, 1.54) is 31.2 Å². The number of ether oxygens (including phenoxy) is 2. The summed E-state index contributed by atoms with van der Waals surface area (Å²) < 4.78 is 12.6. The molecule has 1 aromatic carbocycles. The fourth-order valence-electron chi connectivity index (χ4n) is 3.25. The van der Waals surface area contributed by atoms with Crippen LogP contribution >= 0.6 is 15.9 Å². The Morgan fingerprint density at radius 1 is 1.10 bits per heavy atom. The fourth-order valence-corrected chi connectivity index (χ4v) is 3.85. The van der Waals surface area contributed by atoms with Gasteiger partial charge in [0.1, 0.15) is 0 Å². The van der Waals surface area contributed by atoms with E-state index >= 15 is 0 Å². The minimum absolute atomic E-state index is 0.731. The van der Waals surface area contributed by atoms with E-state index in [1.807, 2.05) is 0 Å². The molecule has 114 valence electrons. The van der Waals surface area contributed by atoms with Gasteiger partial charge in [-0.1, -0.05) is 0 Å². The summed E-state index contributed by atoms with van der Waals surface area (Å²) in [6.45, 7) is 2.39. The Morgan fingerprint density at radius 2 is 1.81 bits per heavy atom. The van der Waals surface area contributed by atoms with E-state index in [4.69, 9.17) is 9.47 Å². The molecule has 0 atom stereocenters. The molecule has 3 nitrogen and oxygen atoms in total. The molecule has 21 heavy (non-hydrogen) atoms. The van der Waals surface area contributed by atoms with Crippen LogP contribution < -0.4 is 14.8 Å². The van der Waals surface area contributed by atoms with Crippen LogP contribution in [0.1, 0.15) is 37.7 Å². The van der Waals surface area contributed by atoms with E-state index in [-0.39, 0.29) is 0 Å². The van der Waals surface area contributed by atoms with Crippen molar-refractivity contribution in [3.63, 3.8) is 0 Å². The zero-order valence-corrected chi connectivity index (χ0v) is 13.8. The summed E-state index contributed by atoms with van der Waals surface area (Å²) in [5, 5.41) is 3.79. The minimum atomic E-state index is 0.731. The first-order chi connectivity index (χ1) is 10.3. The number of nitrogens with one attached hydrogen (secondary N) is 1. The van der Waals surface area contributed by atoms with Gasteiger partial charge >= 0.3 is 0 Å². The van der Waals surface area contributed by atoms with Gasteiger partial charge in [-0.25, -0.2) is 0 Å². The quantitative estimate of drug-likeness (QED) is 0.872. The Bertz CT molecular complexity index is 514. The monoisotopic (exact) mass is 351 g/mol. The molecule has 0 spiro atoms. The van der Waals surface area contributed by atoms with Crippen molar-refractivity contribution < 1.29 is 9.47 Å². The Balaban J connectivity index is 1.47. The van der Waals surface area contributed by atoms with Gasteiger partial charge < -0.3 is 14.8 Å². The molecular formula is C17H22BrNO2. The predicted molar refractivity (Wildman–Crippen MR) is 85.8 cm³/mol. The molecule has 0 bridgehead atoms. The van der Waals surface area contributed by atoms with Crippen molar-refractivity contribution in [3.05, 3.63) is 22.2 Å². The van der Waals surface area contributed by atoms with Crippen molar-refractivity contribution >= 4 is 15.9 Å². The molecule has 4 rings (SSSR count). The summed E-state index contributed by atoms with van der Waals surface area (Å²) in [5.74, 6) is 3.60. The van der Waals surface area contributed by atoms with E-state index in [0.29, 0.717) is 0 Å². The lowest BCUT2D eigenvalue weighted by atomic mass is 10.1. The van der Waals surface area contributed by atoms with Crippen LogP contribution in [0.4, 0.5) is 0 Å². The highest BCUT2D eigenvalue weighted by atomic mass is 79.9. The lowest BCUT2D eigenvalue weighted by Gasteiger charge is -2.18. The molecule has 4 heteroatoms. The van der Waals surface area contributed by atoms with Crippen LogP contribution in [-0.2, 0) is 6.54 Å². The number of benzene rings is 1. The smallest absolute Gasteiger partial charge is 0.175 e. The normalized spacial score (nSPS) is 21.4. The van der Waals surface area contributed by atoms with Crippen LogP contribution in [-0.4, -0.2) is 19.3 Å². The number of hydrogen-bond donors (Lipinski definition) is 1. The van der Waals surface area contributed by atoms with Crippen LogP contribution in [0.25, 0.3) is 0 Å². The van der Waals surface area contributed by atoms with Gasteiger partial charge in [0.05, 0.1) is 17.7 Å². The Kier molecular flexibility index (Phi) is 3.84. The zero-order valence-electron chi connectivity index (χ0n) is 12.2. The maximum absolute atomic E-state index is 5.81. The molecule has 1 aromatic rings. The molecule has 2 aliphatic carbocycles. The van der Waals surface area contributed by atoms with Gasteiger partial charge in [0.15, 0.2) is 11.5 Å². The topological polar surface area (TPSA) is 30.5 Å². The van der Waals surface area contributed by atoms with Gasteiger partial charge in [0, 0.05) is 19.0 Å². The molecule has 0 saturated heterocycles. The molecule has 0 amide bonds. The molecule has 0 aromatic heterocycles. The largest absolute Gasteiger partial charge is 0.490 e. The minimum Gasteiger partial charge on any atom is -0.490 e. The molecule has 3 aliphatic rings. The molecule has 2 saturated carbocycles. The molecule has 0 radical (unpaired) electrons. The number of halogens is 1. The molecule has 1 N–H and O–H groups in total. The van der Waals surface area contributed by atoms with Crippen LogP contribution in [0.3, 0.4) is 0 Å².